The number of nitrogens with zero attached hydrogens (tertiary/aromatic N) is 2. The van der Waals surface area contributed by atoms with Gasteiger partial charge in [0, 0.05) is 12.1 Å². The molecule has 0 radical (unpaired) electrons. The van der Waals surface area contributed by atoms with Gasteiger partial charge in [-0.1, -0.05) is 20.8 Å². The van der Waals surface area contributed by atoms with Crippen LogP contribution in [-0.2, 0) is 12.0 Å². The second-order valence-electron chi connectivity index (χ2n) is 5.48. The van der Waals surface area contributed by atoms with Crippen molar-refractivity contribution in [2.75, 3.05) is 19.8 Å². The van der Waals surface area contributed by atoms with Gasteiger partial charge in [-0.05, 0) is 5.41 Å². The zero-order chi connectivity index (χ0) is 12.5. The molecule has 1 aromatic heterocycles. The van der Waals surface area contributed by atoms with Crippen molar-refractivity contribution in [1.82, 2.24) is 15.1 Å². The summed E-state index contributed by atoms with van der Waals surface area (Å²) in [6, 6.07) is 0.224. The van der Waals surface area contributed by atoms with Gasteiger partial charge in [0.25, 0.3) is 0 Å². The van der Waals surface area contributed by atoms with Crippen LogP contribution in [0.2, 0.25) is 0 Å². The maximum Gasteiger partial charge on any atom is 0.215 e. The van der Waals surface area contributed by atoms with Crippen molar-refractivity contribution in [3.05, 3.63) is 11.8 Å². The van der Waals surface area contributed by atoms with E-state index in [0.717, 1.165) is 18.0 Å². The van der Waals surface area contributed by atoms with Gasteiger partial charge in [0.15, 0.2) is 0 Å². The first-order chi connectivity index (χ1) is 8.02. The van der Waals surface area contributed by atoms with Crippen molar-refractivity contribution in [3.8, 4) is 5.88 Å². The van der Waals surface area contributed by atoms with E-state index >= 15 is 0 Å². The summed E-state index contributed by atoms with van der Waals surface area (Å²) in [7, 11) is 0. The quantitative estimate of drug-likeness (QED) is 0.807. The molecule has 1 aliphatic heterocycles. The lowest BCUT2D eigenvalue weighted by molar-refractivity contribution is 0.172. The van der Waals surface area contributed by atoms with Gasteiger partial charge in [0.1, 0.15) is 6.61 Å². The molecule has 0 aliphatic carbocycles. The molecule has 1 atom stereocenters. The number of fused-ring (bicyclic) bond motifs is 1. The van der Waals surface area contributed by atoms with E-state index in [1.165, 1.54) is 0 Å². The van der Waals surface area contributed by atoms with Crippen LogP contribution in [0.1, 0.15) is 26.3 Å². The first-order valence-corrected chi connectivity index (χ1v) is 6.05. The SMILES string of the molecule is CC(C)(C)c1cnn2c1OCC(NCCO)C2. The fourth-order valence-corrected chi connectivity index (χ4v) is 2.00. The van der Waals surface area contributed by atoms with E-state index in [-0.39, 0.29) is 18.1 Å². The lowest BCUT2D eigenvalue weighted by Crippen LogP contribution is -2.43. The third kappa shape index (κ3) is 2.61. The Balaban J connectivity index is 2.11. The molecule has 0 saturated heterocycles. The number of hydrogen-bond acceptors (Lipinski definition) is 4. The molecule has 0 fully saturated rings. The number of aliphatic hydroxyl groups is 1. The van der Waals surface area contributed by atoms with E-state index in [4.69, 9.17) is 9.84 Å². The molecule has 0 bridgehead atoms. The third-order valence-electron chi connectivity index (χ3n) is 2.96. The van der Waals surface area contributed by atoms with Gasteiger partial charge in [0.2, 0.25) is 5.88 Å². The van der Waals surface area contributed by atoms with Crippen LogP contribution in [0.4, 0.5) is 0 Å². The molecule has 5 heteroatoms. The van der Waals surface area contributed by atoms with Crippen LogP contribution >= 0.6 is 0 Å². The molecule has 2 heterocycles. The van der Waals surface area contributed by atoms with Crippen LogP contribution in [0.25, 0.3) is 0 Å². The van der Waals surface area contributed by atoms with E-state index in [1.54, 1.807) is 0 Å². The Morgan fingerprint density at radius 1 is 1.59 bits per heavy atom. The largest absolute Gasteiger partial charge is 0.476 e. The van der Waals surface area contributed by atoms with E-state index in [1.807, 2.05) is 10.9 Å². The molecule has 0 spiro atoms. The van der Waals surface area contributed by atoms with Gasteiger partial charge in [-0.15, -0.1) is 0 Å². The number of nitrogens with one attached hydrogen (secondary N) is 1. The Morgan fingerprint density at radius 2 is 2.35 bits per heavy atom. The fraction of sp³-hybridized carbons (Fsp3) is 0.750. The summed E-state index contributed by atoms with van der Waals surface area (Å²) in [5.74, 6) is 0.888. The summed E-state index contributed by atoms with van der Waals surface area (Å²) >= 11 is 0. The predicted molar refractivity (Wildman–Crippen MR) is 65.3 cm³/mol. The summed E-state index contributed by atoms with van der Waals surface area (Å²) in [5.41, 5.74) is 1.21. The van der Waals surface area contributed by atoms with Crippen molar-refractivity contribution >= 4 is 0 Å². The molecule has 5 nitrogen and oxygen atoms in total. The maximum atomic E-state index is 8.78. The van der Waals surface area contributed by atoms with Crippen LogP contribution in [-0.4, -0.2) is 40.7 Å². The van der Waals surface area contributed by atoms with Gasteiger partial charge >= 0.3 is 0 Å². The number of aliphatic hydroxyl groups excluding tert-OH is 1. The predicted octanol–water partition coefficient (Wildman–Crippen LogP) is 0.523. The Kier molecular flexibility index (Phi) is 3.40. The summed E-state index contributed by atoms with van der Waals surface area (Å²) in [5, 5.41) is 16.4. The number of hydrogen-bond donors (Lipinski definition) is 2. The lowest BCUT2D eigenvalue weighted by atomic mass is 9.89. The van der Waals surface area contributed by atoms with E-state index in [9.17, 15) is 0 Å². The van der Waals surface area contributed by atoms with Gasteiger partial charge < -0.3 is 15.2 Å². The summed E-state index contributed by atoms with van der Waals surface area (Å²) < 4.78 is 7.69. The molecule has 0 amide bonds. The van der Waals surface area contributed by atoms with E-state index < -0.39 is 0 Å². The average molecular weight is 239 g/mol. The van der Waals surface area contributed by atoms with E-state index in [0.29, 0.717) is 13.2 Å². The van der Waals surface area contributed by atoms with Crippen LogP contribution in [0.15, 0.2) is 6.20 Å². The first kappa shape index (κ1) is 12.4. The Bertz CT molecular complexity index is 382. The van der Waals surface area contributed by atoms with Gasteiger partial charge in [-0.25, -0.2) is 4.68 Å². The van der Waals surface area contributed by atoms with Crippen LogP contribution in [0, 0.1) is 0 Å². The number of aromatic nitrogens is 2. The highest BCUT2D eigenvalue weighted by molar-refractivity contribution is 5.32. The van der Waals surface area contributed by atoms with Crippen molar-refractivity contribution in [3.63, 3.8) is 0 Å². The second-order valence-corrected chi connectivity index (χ2v) is 5.48. The molecule has 96 valence electrons. The minimum absolute atomic E-state index is 0.0545. The second kappa shape index (κ2) is 4.66. The molecular weight excluding hydrogens is 218 g/mol. The van der Waals surface area contributed by atoms with Crippen molar-refractivity contribution < 1.29 is 9.84 Å². The Labute approximate surface area is 102 Å². The van der Waals surface area contributed by atoms with Gasteiger partial charge in [-0.3, -0.25) is 0 Å². The summed E-state index contributed by atoms with van der Waals surface area (Å²) in [6.07, 6.45) is 1.89. The highest BCUT2D eigenvalue weighted by Gasteiger charge is 2.28. The zero-order valence-corrected chi connectivity index (χ0v) is 10.7. The fourth-order valence-electron chi connectivity index (χ4n) is 2.00. The zero-order valence-electron chi connectivity index (χ0n) is 10.7. The lowest BCUT2D eigenvalue weighted by Gasteiger charge is -2.27. The molecule has 0 aromatic carbocycles. The summed E-state index contributed by atoms with van der Waals surface area (Å²) in [4.78, 5) is 0. The molecule has 1 unspecified atom stereocenters. The molecule has 2 N–H and O–H groups in total. The molecule has 0 saturated carbocycles. The molecule has 1 aromatic rings. The summed E-state index contributed by atoms with van der Waals surface area (Å²) in [6.45, 7) is 8.64. The minimum atomic E-state index is 0.0545. The molecule has 2 rings (SSSR count). The smallest absolute Gasteiger partial charge is 0.215 e. The van der Waals surface area contributed by atoms with Crippen molar-refractivity contribution in [2.45, 2.75) is 38.8 Å². The Hall–Kier alpha value is -1.07. The highest BCUT2D eigenvalue weighted by atomic mass is 16.5. The minimum Gasteiger partial charge on any atom is -0.476 e. The topological polar surface area (TPSA) is 59.3 Å². The number of ether oxygens (including phenoxy) is 1. The van der Waals surface area contributed by atoms with E-state index in [2.05, 4.69) is 31.2 Å². The first-order valence-electron chi connectivity index (χ1n) is 6.05. The van der Waals surface area contributed by atoms with Crippen molar-refractivity contribution in [2.24, 2.45) is 0 Å². The maximum absolute atomic E-state index is 8.78. The van der Waals surface area contributed by atoms with Crippen LogP contribution < -0.4 is 10.1 Å². The van der Waals surface area contributed by atoms with Gasteiger partial charge in [-0.2, -0.15) is 5.10 Å². The normalized spacial score (nSPS) is 19.9. The highest BCUT2D eigenvalue weighted by Crippen LogP contribution is 2.32. The number of rotatable bonds is 3. The average Bonchev–Trinajstić information content (AvgIpc) is 2.68. The molecule has 1 aliphatic rings. The van der Waals surface area contributed by atoms with Crippen LogP contribution in [0.3, 0.4) is 0 Å². The monoisotopic (exact) mass is 239 g/mol. The Morgan fingerprint density at radius 3 is 3.00 bits per heavy atom. The molecular formula is C12H21N3O2. The standard InChI is InChI=1S/C12H21N3O2/c1-12(2,3)10-6-14-15-7-9(13-4-5-16)8-17-11(10)15/h6,9,13,16H,4-5,7-8H2,1-3H3. The van der Waals surface area contributed by atoms with Gasteiger partial charge in [0.05, 0.1) is 25.4 Å². The van der Waals surface area contributed by atoms with Crippen LogP contribution in [0.5, 0.6) is 5.88 Å². The molecule has 17 heavy (non-hydrogen) atoms. The van der Waals surface area contributed by atoms with Crippen molar-refractivity contribution in [1.29, 1.82) is 0 Å². The third-order valence-corrected chi connectivity index (χ3v) is 2.96.